The topological polar surface area (TPSA) is 72.9 Å². The summed E-state index contributed by atoms with van der Waals surface area (Å²) in [5.74, 6) is 0.589. The Morgan fingerprint density at radius 2 is 2.25 bits per heavy atom. The van der Waals surface area contributed by atoms with Gasteiger partial charge in [0, 0.05) is 31.5 Å². The molecule has 0 saturated heterocycles. The summed E-state index contributed by atoms with van der Waals surface area (Å²) in [6.45, 7) is 0.743. The molecule has 0 saturated carbocycles. The Morgan fingerprint density at radius 3 is 2.90 bits per heavy atom. The summed E-state index contributed by atoms with van der Waals surface area (Å²) >= 11 is 11.5. The molecule has 1 aromatic carbocycles. The van der Waals surface area contributed by atoms with E-state index >= 15 is 0 Å². The zero-order chi connectivity index (χ0) is 14.7. The maximum absolute atomic E-state index is 13.6. The van der Waals surface area contributed by atoms with Crippen LogP contribution in [-0.4, -0.2) is 28.0 Å². The predicted octanol–water partition coefficient (Wildman–Crippen LogP) is 2.28. The normalized spacial score (nSPS) is 10.9. The molecule has 2 aromatic rings. The number of primary amides is 1. The van der Waals surface area contributed by atoms with Gasteiger partial charge >= 0.3 is 6.03 Å². The van der Waals surface area contributed by atoms with Crippen LogP contribution in [0.2, 0.25) is 5.02 Å². The van der Waals surface area contributed by atoms with Gasteiger partial charge in [0.2, 0.25) is 0 Å². The lowest BCUT2D eigenvalue weighted by Gasteiger charge is -2.09. The van der Waals surface area contributed by atoms with Gasteiger partial charge in [0.15, 0.2) is 0 Å². The van der Waals surface area contributed by atoms with Crippen LogP contribution >= 0.6 is 23.2 Å². The number of urea groups is 1. The monoisotopic (exact) mass is 318 g/mol. The molecule has 8 heteroatoms. The van der Waals surface area contributed by atoms with Crippen molar-refractivity contribution in [3.05, 3.63) is 28.8 Å². The number of nitrogens with one attached hydrogen (secondary N) is 1. The average molecular weight is 319 g/mol. The molecule has 5 nitrogen and oxygen atoms in total. The van der Waals surface area contributed by atoms with E-state index in [2.05, 4.69) is 10.3 Å². The van der Waals surface area contributed by atoms with E-state index in [4.69, 9.17) is 28.9 Å². The van der Waals surface area contributed by atoms with Crippen molar-refractivity contribution in [1.29, 1.82) is 0 Å². The highest BCUT2D eigenvalue weighted by Gasteiger charge is 2.13. The van der Waals surface area contributed by atoms with Crippen LogP contribution in [0.3, 0.4) is 0 Å². The molecule has 0 spiro atoms. The number of fused-ring (bicyclic) bond motifs is 1. The molecule has 20 heavy (non-hydrogen) atoms. The summed E-state index contributed by atoms with van der Waals surface area (Å²) in [6, 6.07) is 2.19. The molecule has 0 unspecified atom stereocenters. The second kappa shape index (κ2) is 6.28. The van der Waals surface area contributed by atoms with Crippen molar-refractivity contribution >= 4 is 40.3 Å². The summed E-state index contributed by atoms with van der Waals surface area (Å²) in [5.41, 5.74) is 6.21. The quantitative estimate of drug-likeness (QED) is 0.830. The van der Waals surface area contributed by atoms with Crippen LogP contribution in [0.15, 0.2) is 12.1 Å². The highest BCUT2D eigenvalue weighted by Crippen LogP contribution is 2.24. The van der Waals surface area contributed by atoms with Crippen molar-refractivity contribution in [2.75, 3.05) is 12.4 Å². The average Bonchev–Trinajstić information content (AvgIpc) is 2.68. The number of amides is 2. The van der Waals surface area contributed by atoms with E-state index in [1.54, 1.807) is 4.57 Å². The van der Waals surface area contributed by atoms with E-state index in [9.17, 15) is 9.18 Å². The van der Waals surface area contributed by atoms with Crippen molar-refractivity contribution in [2.24, 2.45) is 5.73 Å². The highest BCUT2D eigenvalue weighted by molar-refractivity contribution is 6.31. The van der Waals surface area contributed by atoms with E-state index in [1.165, 1.54) is 12.1 Å². The molecule has 3 N–H and O–H groups in total. The van der Waals surface area contributed by atoms with Crippen molar-refractivity contribution in [3.63, 3.8) is 0 Å². The van der Waals surface area contributed by atoms with Crippen LogP contribution in [0.1, 0.15) is 5.82 Å². The van der Waals surface area contributed by atoms with Crippen LogP contribution in [0.25, 0.3) is 11.0 Å². The van der Waals surface area contributed by atoms with E-state index in [0.717, 1.165) is 0 Å². The fourth-order valence-electron chi connectivity index (χ4n) is 1.99. The number of aromatic nitrogens is 2. The van der Waals surface area contributed by atoms with Gasteiger partial charge in [0.1, 0.15) is 11.6 Å². The zero-order valence-corrected chi connectivity index (χ0v) is 12.0. The summed E-state index contributed by atoms with van der Waals surface area (Å²) in [4.78, 5) is 15.1. The van der Waals surface area contributed by atoms with Crippen LogP contribution in [0, 0.1) is 5.82 Å². The number of hydrogen-bond acceptors (Lipinski definition) is 2. The standard InChI is InChI=1S/C12H13Cl2FN4O/c13-2-1-11-18-9-5-7(14)8(15)6-10(9)19(11)4-3-17-12(16)20/h5-6H,1-4H2,(H3,16,17,20). The fourth-order valence-corrected chi connectivity index (χ4v) is 2.31. The third-order valence-corrected chi connectivity index (χ3v) is 3.30. The lowest BCUT2D eigenvalue weighted by Crippen LogP contribution is -2.32. The number of benzene rings is 1. The van der Waals surface area contributed by atoms with E-state index in [0.29, 0.717) is 42.2 Å². The number of nitrogens with zero attached hydrogens (tertiary/aromatic N) is 2. The molecule has 1 heterocycles. The van der Waals surface area contributed by atoms with Gasteiger partial charge < -0.3 is 15.6 Å². The summed E-state index contributed by atoms with van der Waals surface area (Å²) in [7, 11) is 0. The van der Waals surface area contributed by atoms with E-state index in [-0.39, 0.29) is 5.02 Å². The Hall–Kier alpha value is -1.53. The molecule has 0 aliphatic heterocycles. The number of hydrogen-bond donors (Lipinski definition) is 2. The minimum absolute atomic E-state index is 0.0230. The molecular weight excluding hydrogens is 306 g/mol. The van der Waals surface area contributed by atoms with Gasteiger partial charge in [-0.1, -0.05) is 11.6 Å². The smallest absolute Gasteiger partial charge is 0.312 e. The molecule has 108 valence electrons. The summed E-state index contributed by atoms with van der Waals surface area (Å²) < 4.78 is 15.4. The van der Waals surface area contributed by atoms with Crippen LogP contribution in [0.5, 0.6) is 0 Å². The molecule has 0 aliphatic rings. The Bertz CT molecular complexity index is 644. The minimum atomic E-state index is -0.609. The first-order valence-electron chi connectivity index (χ1n) is 5.96. The number of imidazole rings is 1. The fraction of sp³-hybridized carbons (Fsp3) is 0.333. The van der Waals surface area contributed by atoms with Gasteiger partial charge in [-0.2, -0.15) is 0 Å². The molecular formula is C12H13Cl2FN4O. The molecule has 2 rings (SSSR count). The van der Waals surface area contributed by atoms with Crippen molar-refractivity contribution in [3.8, 4) is 0 Å². The first kappa shape index (κ1) is 14.9. The number of carbonyl (C=O) groups is 1. The summed E-state index contributed by atoms with van der Waals surface area (Å²) in [6.07, 6.45) is 0.534. The van der Waals surface area contributed by atoms with Gasteiger partial charge in [-0.05, 0) is 6.07 Å². The Morgan fingerprint density at radius 1 is 1.50 bits per heavy atom. The highest BCUT2D eigenvalue weighted by atomic mass is 35.5. The Kier molecular flexibility index (Phi) is 4.67. The SMILES string of the molecule is NC(=O)NCCn1c(CCCl)nc2cc(Cl)c(F)cc21. The second-order valence-corrected chi connectivity index (χ2v) is 4.95. The third-order valence-electron chi connectivity index (χ3n) is 2.82. The first-order valence-corrected chi connectivity index (χ1v) is 6.87. The number of alkyl halides is 1. The van der Waals surface area contributed by atoms with Gasteiger partial charge in [0.25, 0.3) is 0 Å². The Labute approximate surface area is 124 Å². The number of carbonyl (C=O) groups excluding carboxylic acids is 1. The molecule has 2 amide bonds. The van der Waals surface area contributed by atoms with Crippen LogP contribution < -0.4 is 11.1 Å². The van der Waals surface area contributed by atoms with E-state index < -0.39 is 11.8 Å². The van der Waals surface area contributed by atoms with Crippen LogP contribution in [-0.2, 0) is 13.0 Å². The van der Waals surface area contributed by atoms with Gasteiger partial charge in [0.05, 0.1) is 16.1 Å². The van der Waals surface area contributed by atoms with E-state index in [1.807, 2.05) is 0 Å². The summed E-state index contributed by atoms with van der Waals surface area (Å²) in [5, 5.41) is 2.50. The molecule has 0 bridgehead atoms. The van der Waals surface area contributed by atoms with Gasteiger partial charge in [-0.15, -0.1) is 11.6 Å². The van der Waals surface area contributed by atoms with Gasteiger partial charge in [-0.3, -0.25) is 0 Å². The lowest BCUT2D eigenvalue weighted by molar-refractivity contribution is 0.248. The first-order chi connectivity index (χ1) is 9.52. The molecule has 0 atom stereocenters. The maximum atomic E-state index is 13.6. The van der Waals surface area contributed by atoms with Crippen LogP contribution in [0.4, 0.5) is 9.18 Å². The number of halogens is 3. The van der Waals surface area contributed by atoms with Crippen molar-refractivity contribution in [1.82, 2.24) is 14.9 Å². The zero-order valence-electron chi connectivity index (χ0n) is 10.5. The third kappa shape index (κ3) is 3.13. The minimum Gasteiger partial charge on any atom is -0.352 e. The lowest BCUT2D eigenvalue weighted by atomic mass is 10.3. The number of aryl methyl sites for hydroxylation is 1. The molecule has 1 aromatic heterocycles. The van der Waals surface area contributed by atoms with Gasteiger partial charge in [-0.25, -0.2) is 14.2 Å². The molecule has 0 radical (unpaired) electrons. The van der Waals surface area contributed by atoms with Crippen molar-refractivity contribution < 1.29 is 9.18 Å². The number of nitrogens with two attached hydrogens (primary N) is 1. The molecule has 0 aliphatic carbocycles. The maximum Gasteiger partial charge on any atom is 0.312 e. The second-order valence-electron chi connectivity index (χ2n) is 4.16. The predicted molar refractivity (Wildman–Crippen MR) is 76.7 cm³/mol. The van der Waals surface area contributed by atoms with Crippen molar-refractivity contribution in [2.45, 2.75) is 13.0 Å². The largest absolute Gasteiger partial charge is 0.352 e. The Balaban J connectivity index is 2.39. The molecule has 0 fully saturated rings. The number of rotatable bonds is 5.